The van der Waals surface area contributed by atoms with E-state index in [1.165, 1.54) is 148 Å². The van der Waals surface area contributed by atoms with Gasteiger partial charge in [0, 0.05) is 13.0 Å². The van der Waals surface area contributed by atoms with E-state index in [0.29, 0.717) is 6.42 Å². The number of aliphatic hydroxyl groups is 2. The van der Waals surface area contributed by atoms with Gasteiger partial charge in [0.1, 0.15) is 6.10 Å². The van der Waals surface area contributed by atoms with Crippen LogP contribution in [-0.2, 0) is 9.53 Å². The summed E-state index contributed by atoms with van der Waals surface area (Å²) < 4.78 is 6.03. The van der Waals surface area contributed by atoms with Crippen LogP contribution in [0.4, 0.5) is 0 Å². The minimum absolute atomic E-state index is 0.00552. The first-order chi connectivity index (χ1) is 23.9. The maximum Gasteiger partial charge on any atom is 0.306 e. The highest BCUT2D eigenvalue weighted by Crippen LogP contribution is 2.23. The van der Waals surface area contributed by atoms with Gasteiger partial charge in [-0.3, -0.25) is 4.79 Å². The molecular formula is C44H89NO4. The van der Waals surface area contributed by atoms with Crippen LogP contribution in [0.2, 0.25) is 0 Å². The molecule has 0 aromatic carbocycles. The summed E-state index contributed by atoms with van der Waals surface area (Å²) in [7, 11) is 0. The van der Waals surface area contributed by atoms with Crippen LogP contribution in [0.3, 0.4) is 0 Å². The quantitative estimate of drug-likeness (QED) is 0.0493. The Morgan fingerprint density at radius 2 is 0.898 bits per heavy atom. The van der Waals surface area contributed by atoms with Gasteiger partial charge >= 0.3 is 5.97 Å². The third-order valence-corrected chi connectivity index (χ3v) is 10.6. The minimum Gasteiger partial charge on any atom is -0.462 e. The number of rotatable bonds is 40. The molecule has 1 unspecified atom stereocenters. The Balaban J connectivity index is 4.06. The van der Waals surface area contributed by atoms with Crippen LogP contribution in [-0.4, -0.2) is 59.0 Å². The van der Waals surface area contributed by atoms with E-state index in [1.54, 1.807) is 0 Å². The van der Waals surface area contributed by atoms with Gasteiger partial charge in [-0.2, -0.15) is 0 Å². The Morgan fingerprint density at radius 3 is 1.33 bits per heavy atom. The van der Waals surface area contributed by atoms with Gasteiger partial charge in [-0.1, -0.05) is 168 Å². The molecule has 0 fully saturated rings. The number of carbonyl (C=O) groups excluding carboxylic acids is 1. The van der Waals surface area contributed by atoms with Crippen LogP contribution in [0.25, 0.3) is 0 Å². The Kier molecular flexibility index (Phi) is 36.6. The van der Waals surface area contributed by atoms with Crippen molar-refractivity contribution in [3.63, 3.8) is 0 Å². The zero-order valence-electron chi connectivity index (χ0n) is 33.9. The highest BCUT2D eigenvalue weighted by atomic mass is 16.5. The number of carbonyl (C=O) groups is 1. The fourth-order valence-electron chi connectivity index (χ4n) is 7.21. The van der Waals surface area contributed by atoms with Crippen molar-refractivity contribution < 1.29 is 19.7 Å². The van der Waals surface area contributed by atoms with Gasteiger partial charge in [0.25, 0.3) is 0 Å². The summed E-state index contributed by atoms with van der Waals surface area (Å²) in [6.07, 6.45) is 39.4. The van der Waals surface area contributed by atoms with E-state index < -0.39 is 5.60 Å². The number of hydrogen-bond acceptors (Lipinski definition) is 5. The van der Waals surface area contributed by atoms with Crippen LogP contribution in [0.1, 0.15) is 240 Å². The molecular weight excluding hydrogens is 606 g/mol. The molecule has 5 nitrogen and oxygen atoms in total. The molecule has 0 aliphatic heterocycles. The van der Waals surface area contributed by atoms with Crippen molar-refractivity contribution >= 4 is 5.97 Å². The minimum atomic E-state index is -0.489. The van der Waals surface area contributed by atoms with Gasteiger partial charge in [0.15, 0.2) is 0 Å². The maximum absolute atomic E-state index is 12.7. The van der Waals surface area contributed by atoms with Crippen molar-refractivity contribution in [3.05, 3.63) is 0 Å². The maximum atomic E-state index is 12.7. The Bertz CT molecular complexity index is 653. The summed E-state index contributed by atoms with van der Waals surface area (Å²) in [6, 6.07) is 0. The van der Waals surface area contributed by atoms with Crippen molar-refractivity contribution in [2.75, 3.05) is 26.2 Å². The molecule has 0 aromatic heterocycles. The molecule has 2 N–H and O–H groups in total. The van der Waals surface area contributed by atoms with Gasteiger partial charge in [-0.05, 0) is 77.8 Å². The van der Waals surface area contributed by atoms with Crippen LogP contribution in [0.5, 0.6) is 0 Å². The zero-order valence-corrected chi connectivity index (χ0v) is 33.9. The molecule has 0 saturated carbocycles. The molecule has 49 heavy (non-hydrogen) atoms. The van der Waals surface area contributed by atoms with Gasteiger partial charge in [0.05, 0.1) is 12.2 Å². The van der Waals surface area contributed by atoms with Crippen molar-refractivity contribution in [2.24, 2.45) is 0 Å². The van der Waals surface area contributed by atoms with Gasteiger partial charge in [-0.15, -0.1) is 0 Å². The number of hydrogen-bond donors (Lipinski definition) is 2. The Labute approximate surface area is 307 Å². The number of aliphatic hydroxyl groups excluding tert-OH is 1. The SMILES string of the molecule is CCCCCCCCCC(C)(O)CCCCCCCCN(CCO)CCCCCC(=O)OC(CCCCCCCC)CCCCCCCC. The van der Waals surface area contributed by atoms with E-state index in [2.05, 4.69) is 25.7 Å². The standard InChI is InChI=1S/C44H89NO4/c1-5-8-11-14-17-22-29-36-44(4,48)37-30-23-18-19-24-31-38-45(40-41-46)39-32-25-28-35-43(47)49-42(33-26-20-15-12-9-6-2)34-27-21-16-13-10-7-3/h42,46,48H,5-41H2,1-4H3. The fourth-order valence-corrected chi connectivity index (χ4v) is 7.21. The highest BCUT2D eigenvalue weighted by molar-refractivity contribution is 5.69. The second-order valence-corrected chi connectivity index (χ2v) is 15.8. The van der Waals surface area contributed by atoms with Crippen molar-refractivity contribution in [3.8, 4) is 0 Å². The first-order valence-corrected chi connectivity index (χ1v) is 22.1. The smallest absolute Gasteiger partial charge is 0.306 e. The molecule has 0 amide bonds. The van der Waals surface area contributed by atoms with E-state index in [4.69, 9.17) is 4.74 Å². The molecule has 5 heteroatoms. The van der Waals surface area contributed by atoms with Crippen LogP contribution in [0, 0.1) is 0 Å². The largest absolute Gasteiger partial charge is 0.462 e. The summed E-state index contributed by atoms with van der Waals surface area (Å²) >= 11 is 0. The van der Waals surface area contributed by atoms with Crippen molar-refractivity contribution in [1.29, 1.82) is 0 Å². The second kappa shape index (κ2) is 37.1. The molecule has 1 atom stereocenters. The van der Waals surface area contributed by atoms with E-state index >= 15 is 0 Å². The van der Waals surface area contributed by atoms with Crippen LogP contribution < -0.4 is 0 Å². The predicted molar refractivity (Wildman–Crippen MR) is 213 cm³/mol. The molecule has 0 saturated heterocycles. The normalized spacial score (nSPS) is 13.1. The lowest BCUT2D eigenvalue weighted by atomic mass is 9.91. The van der Waals surface area contributed by atoms with Gasteiger partial charge in [0.2, 0.25) is 0 Å². The fraction of sp³-hybridized carbons (Fsp3) is 0.977. The van der Waals surface area contributed by atoms with Crippen molar-refractivity contribution in [2.45, 2.75) is 251 Å². The summed E-state index contributed by atoms with van der Waals surface area (Å²) in [5, 5.41) is 20.3. The molecule has 0 aromatic rings. The van der Waals surface area contributed by atoms with E-state index in [0.717, 1.165) is 77.4 Å². The monoisotopic (exact) mass is 696 g/mol. The lowest BCUT2D eigenvalue weighted by Crippen LogP contribution is -2.29. The lowest BCUT2D eigenvalue weighted by molar-refractivity contribution is -0.150. The van der Waals surface area contributed by atoms with E-state index in [1.807, 2.05) is 6.92 Å². The summed E-state index contributed by atoms with van der Waals surface area (Å²) in [6.45, 7) is 11.8. The number of esters is 1. The molecule has 0 rings (SSSR count). The molecule has 0 spiro atoms. The lowest BCUT2D eigenvalue weighted by Gasteiger charge is -2.23. The zero-order chi connectivity index (χ0) is 36.1. The predicted octanol–water partition coefficient (Wildman–Crippen LogP) is 12.9. The number of unbranched alkanes of at least 4 members (excludes halogenated alkanes) is 23. The topological polar surface area (TPSA) is 70.0 Å². The molecule has 0 radical (unpaired) electrons. The molecule has 294 valence electrons. The summed E-state index contributed by atoms with van der Waals surface area (Å²) in [4.78, 5) is 15.1. The van der Waals surface area contributed by atoms with Crippen molar-refractivity contribution in [1.82, 2.24) is 4.90 Å². The average Bonchev–Trinajstić information content (AvgIpc) is 3.08. The average molecular weight is 696 g/mol. The first kappa shape index (κ1) is 48.3. The van der Waals surface area contributed by atoms with E-state index in [9.17, 15) is 15.0 Å². The van der Waals surface area contributed by atoms with Gasteiger partial charge in [-0.25, -0.2) is 0 Å². The van der Waals surface area contributed by atoms with E-state index in [-0.39, 0.29) is 18.7 Å². The Morgan fingerprint density at radius 1 is 0.531 bits per heavy atom. The third-order valence-electron chi connectivity index (χ3n) is 10.6. The summed E-state index contributed by atoms with van der Waals surface area (Å²) in [5.41, 5.74) is -0.489. The summed E-state index contributed by atoms with van der Waals surface area (Å²) in [5.74, 6) is 0.00552. The van der Waals surface area contributed by atoms with Gasteiger partial charge < -0.3 is 19.8 Å². The number of nitrogens with zero attached hydrogens (tertiary/aromatic N) is 1. The molecule has 0 bridgehead atoms. The second-order valence-electron chi connectivity index (χ2n) is 15.8. The van der Waals surface area contributed by atoms with Crippen LogP contribution in [0.15, 0.2) is 0 Å². The Hall–Kier alpha value is -0.650. The number of ether oxygens (including phenoxy) is 1. The third kappa shape index (κ3) is 35.5. The molecule has 0 aliphatic rings. The molecule has 0 heterocycles. The molecule has 0 aliphatic carbocycles. The first-order valence-electron chi connectivity index (χ1n) is 22.1. The van der Waals surface area contributed by atoms with Crippen LogP contribution >= 0.6 is 0 Å². The highest BCUT2D eigenvalue weighted by Gasteiger charge is 2.19.